The van der Waals surface area contributed by atoms with Crippen molar-refractivity contribution in [3.8, 4) is 5.75 Å². The zero-order valence-electron chi connectivity index (χ0n) is 10.2. The molecular weight excluding hydrogens is 204 g/mol. The molecule has 0 aliphatic rings. The number of para-hydroxylation sites is 1. The molecule has 90 valence electrons. The fourth-order valence-electron chi connectivity index (χ4n) is 1.58. The van der Waals surface area contributed by atoms with Crippen LogP contribution in [0.15, 0.2) is 24.3 Å². The van der Waals surface area contributed by atoms with Crippen LogP contribution >= 0.6 is 0 Å². The molecule has 0 heterocycles. The second kappa shape index (κ2) is 5.87. The molecule has 0 spiro atoms. The van der Waals surface area contributed by atoms with Crippen molar-refractivity contribution in [2.24, 2.45) is 0 Å². The Morgan fingerprint density at radius 1 is 1.31 bits per heavy atom. The van der Waals surface area contributed by atoms with Crippen molar-refractivity contribution in [3.63, 3.8) is 0 Å². The minimum Gasteiger partial charge on any atom is -0.496 e. The lowest BCUT2D eigenvalue weighted by atomic mass is 9.96. The Morgan fingerprint density at radius 2 is 2.00 bits per heavy atom. The van der Waals surface area contributed by atoms with E-state index in [1.807, 2.05) is 31.2 Å². The molecule has 0 aliphatic heterocycles. The minimum atomic E-state index is -1.01. The SMILES string of the molecule is CCCOCC(C)(O)c1ccccc1OC. The molecule has 3 heteroatoms. The fourth-order valence-corrected chi connectivity index (χ4v) is 1.58. The average Bonchev–Trinajstić information content (AvgIpc) is 2.29. The van der Waals surface area contributed by atoms with Crippen molar-refractivity contribution in [3.05, 3.63) is 29.8 Å². The van der Waals surface area contributed by atoms with E-state index in [1.165, 1.54) is 0 Å². The van der Waals surface area contributed by atoms with E-state index in [0.29, 0.717) is 12.4 Å². The van der Waals surface area contributed by atoms with Crippen molar-refractivity contribution in [2.45, 2.75) is 25.9 Å². The Bertz CT molecular complexity index is 321. The van der Waals surface area contributed by atoms with Crippen LogP contribution in [0.2, 0.25) is 0 Å². The first-order chi connectivity index (χ1) is 7.61. The van der Waals surface area contributed by atoms with Gasteiger partial charge in [0.25, 0.3) is 0 Å². The van der Waals surface area contributed by atoms with Crippen molar-refractivity contribution in [1.29, 1.82) is 0 Å². The molecule has 0 amide bonds. The molecule has 1 unspecified atom stereocenters. The van der Waals surface area contributed by atoms with E-state index < -0.39 is 5.60 Å². The Hall–Kier alpha value is -1.06. The highest BCUT2D eigenvalue weighted by Gasteiger charge is 2.26. The second-order valence-corrected chi connectivity index (χ2v) is 4.03. The number of ether oxygens (including phenoxy) is 2. The third-order valence-corrected chi connectivity index (χ3v) is 2.42. The molecule has 0 aromatic heterocycles. The summed E-state index contributed by atoms with van der Waals surface area (Å²) in [4.78, 5) is 0. The third-order valence-electron chi connectivity index (χ3n) is 2.42. The fraction of sp³-hybridized carbons (Fsp3) is 0.538. The molecule has 16 heavy (non-hydrogen) atoms. The van der Waals surface area contributed by atoms with Crippen LogP contribution in [0, 0.1) is 0 Å². The summed E-state index contributed by atoms with van der Waals surface area (Å²) in [6, 6.07) is 7.45. The quantitative estimate of drug-likeness (QED) is 0.754. The van der Waals surface area contributed by atoms with Gasteiger partial charge in [-0.3, -0.25) is 0 Å². The van der Waals surface area contributed by atoms with Gasteiger partial charge >= 0.3 is 0 Å². The smallest absolute Gasteiger partial charge is 0.125 e. The molecule has 1 N–H and O–H groups in total. The van der Waals surface area contributed by atoms with Gasteiger partial charge in [0, 0.05) is 12.2 Å². The maximum atomic E-state index is 10.3. The van der Waals surface area contributed by atoms with Gasteiger partial charge in [0.05, 0.1) is 13.7 Å². The van der Waals surface area contributed by atoms with E-state index in [4.69, 9.17) is 9.47 Å². The minimum absolute atomic E-state index is 0.279. The van der Waals surface area contributed by atoms with Gasteiger partial charge in [-0.2, -0.15) is 0 Å². The Balaban J connectivity index is 2.79. The average molecular weight is 224 g/mol. The van der Waals surface area contributed by atoms with Gasteiger partial charge < -0.3 is 14.6 Å². The van der Waals surface area contributed by atoms with E-state index in [1.54, 1.807) is 14.0 Å². The molecule has 1 aromatic rings. The number of rotatable bonds is 6. The summed E-state index contributed by atoms with van der Waals surface area (Å²) < 4.78 is 10.6. The Morgan fingerprint density at radius 3 is 2.62 bits per heavy atom. The van der Waals surface area contributed by atoms with Crippen LogP contribution in [-0.2, 0) is 10.3 Å². The number of hydrogen-bond acceptors (Lipinski definition) is 3. The monoisotopic (exact) mass is 224 g/mol. The maximum absolute atomic E-state index is 10.3. The molecule has 3 nitrogen and oxygen atoms in total. The summed E-state index contributed by atoms with van der Waals surface area (Å²) in [5.41, 5.74) is -0.254. The molecule has 0 aliphatic carbocycles. The summed E-state index contributed by atoms with van der Waals surface area (Å²) in [6.07, 6.45) is 0.946. The molecule has 1 atom stereocenters. The van der Waals surface area contributed by atoms with Crippen LogP contribution in [0.3, 0.4) is 0 Å². The number of hydrogen-bond donors (Lipinski definition) is 1. The zero-order chi connectivity index (χ0) is 12.0. The summed E-state index contributed by atoms with van der Waals surface area (Å²) in [5.74, 6) is 0.688. The summed E-state index contributed by atoms with van der Waals surface area (Å²) in [6.45, 7) is 4.71. The first-order valence-electron chi connectivity index (χ1n) is 5.55. The van der Waals surface area contributed by atoms with E-state index in [9.17, 15) is 5.11 Å². The van der Waals surface area contributed by atoms with Crippen molar-refractivity contribution in [2.75, 3.05) is 20.3 Å². The number of benzene rings is 1. The van der Waals surface area contributed by atoms with Gasteiger partial charge in [-0.25, -0.2) is 0 Å². The molecule has 1 aromatic carbocycles. The number of aliphatic hydroxyl groups is 1. The Labute approximate surface area is 97.0 Å². The van der Waals surface area contributed by atoms with Crippen LogP contribution < -0.4 is 4.74 Å². The lowest BCUT2D eigenvalue weighted by Gasteiger charge is -2.25. The van der Waals surface area contributed by atoms with Gasteiger partial charge in [-0.1, -0.05) is 25.1 Å². The van der Waals surface area contributed by atoms with E-state index >= 15 is 0 Å². The van der Waals surface area contributed by atoms with Crippen LogP contribution in [-0.4, -0.2) is 25.4 Å². The second-order valence-electron chi connectivity index (χ2n) is 4.03. The topological polar surface area (TPSA) is 38.7 Å². The van der Waals surface area contributed by atoms with Crippen LogP contribution in [0.1, 0.15) is 25.8 Å². The molecular formula is C13H20O3. The van der Waals surface area contributed by atoms with Gasteiger partial charge in [0.2, 0.25) is 0 Å². The normalized spacial score (nSPS) is 14.5. The van der Waals surface area contributed by atoms with Gasteiger partial charge in [0.1, 0.15) is 11.4 Å². The molecule has 0 radical (unpaired) electrons. The van der Waals surface area contributed by atoms with Crippen molar-refractivity contribution < 1.29 is 14.6 Å². The predicted octanol–water partition coefficient (Wildman–Crippen LogP) is 2.33. The van der Waals surface area contributed by atoms with E-state index in [2.05, 4.69) is 0 Å². The first kappa shape index (κ1) is 13.0. The van der Waals surface area contributed by atoms with Crippen molar-refractivity contribution >= 4 is 0 Å². The summed E-state index contributed by atoms with van der Waals surface area (Å²) in [7, 11) is 1.60. The highest BCUT2D eigenvalue weighted by molar-refractivity contribution is 5.37. The van der Waals surface area contributed by atoms with Crippen LogP contribution in [0.4, 0.5) is 0 Å². The summed E-state index contributed by atoms with van der Waals surface area (Å²) in [5, 5.41) is 10.3. The van der Waals surface area contributed by atoms with Gasteiger partial charge in [0.15, 0.2) is 0 Å². The van der Waals surface area contributed by atoms with Crippen LogP contribution in [0.25, 0.3) is 0 Å². The summed E-state index contributed by atoms with van der Waals surface area (Å²) >= 11 is 0. The molecule has 0 fully saturated rings. The predicted molar refractivity (Wildman–Crippen MR) is 63.7 cm³/mol. The molecule has 1 rings (SSSR count). The highest BCUT2D eigenvalue weighted by Crippen LogP contribution is 2.29. The standard InChI is InChI=1S/C13H20O3/c1-4-9-16-10-13(2,14)11-7-5-6-8-12(11)15-3/h5-8,14H,4,9-10H2,1-3H3. The largest absolute Gasteiger partial charge is 0.496 e. The molecule has 0 saturated heterocycles. The Kier molecular flexibility index (Phi) is 4.77. The van der Waals surface area contributed by atoms with Crippen molar-refractivity contribution in [1.82, 2.24) is 0 Å². The molecule has 0 saturated carbocycles. The molecule has 0 bridgehead atoms. The zero-order valence-corrected chi connectivity index (χ0v) is 10.2. The lowest BCUT2D eigenvalue weighted by molar-refractivity contribution is -0.0387. The lowest BCUT2D eigenvalue weighted by Crippen LogP contribution is -2.28. The third kappa shape index (κ3) is 3.22. The first-order valence-corrected chi connectivity index (χ1v) is 5.55. The highest BCUT2D eigenvalue weighted by atomic mass is 16.5. The van der Waals surface area contributed by atoms with Gasteiger partial charge in [-0.15, -0.1) is 0 Å². The van der Waals surface area contributed by atoms with Gasteiger partial charge in [-0.05, 0) is 19.4 Å². The maximum Gasteiger partial charge on any atom is 0.125 e. The van der Waals surface area contributed by atoms with Crippen LogP contribution in [0.5, 0.6) is 5.75 Å². The number of methoxy groups -OCH3 is 1. The van der Waals surface area contributed by atoms with E-state index in [0.717, 1.165) is 12.0 Å². The van der Waals surface area contributed by atoms with E-state index in [-0.39, 0.29) is 6.61 Å².